The molecule has 2 unspecified atom stereocenters. The maximum Gasteiger partial charge on any atom is 0.303 e. The molecule has 104 valence electrons. The zero-order valence-corrected chi connectivity index (χ0v) is 11.1. The first-order valence-corrected chi connectivity index (χ1v) is 6.77. The molecule has 0 aromatic rings. The molecule has 1 amide bonds. The molecule has 0 saturated carbocycles. The number of amides is 1. The number of rotatable bonds is 6. The van der Waals surface area contributed by atoms with Crippen LogP contribution in [0.3, 0.4) is 0 Å². The number of likely N-dealkylation sites (tertiary alicyclic amines) is 1. The molecular weight excluding hydrogens is 232 g/mol. The predicted octanol–water partition coefficient (Wildman–Crippen LogP) is 1.36. The first kappa shape index (κ1) is 15.0. The summed E-state index contributed by atoms with van der Waals surface area (Å²) in [5.74, 6) is -0.661. The van der Waals surface area contributed by atoms with Crippen LogP contribution in [-0.4, -0.2) is 40.5 Å². The van der Waals surface area contributed by atoms with Crippen LogP contribution in [0.25, 0.3) is 0 Å². The minimum atomic E-state index is -0.788. The van der Waals surface area contributed by atoms with Crippen LogP contribution in [0.1, 0.15) is 51.9 Å². The van der Waals surface area contributed by atoms with Crippen molar-refractivity contribution in [1.82, 2.24) is 4.90 Å². The fourth-order valence-electron chi connectivity index (χ4n) is 2.41. The minimum absolute atomic E-state index is 0.0382. The second-order valence-corrected chi connectivity index (χ2v) is 5.19. The van der Waals surface area contributed by atoms with E-state index < -0.39 is 5.97 Å². The van der Waals surface area contributed by atoms with E-state index in [-0.39, 0.29) is 24.4 Å². The number of hydrogen-bond acceptors (Lipinski definition) is 3. The van der Waals surface area contributed by atoms with Gasteiger partial charge in [0, 0.05) is 31.5 Å². The quantitative estimate of drug-likeness (QED) is 0.751. The van der Waals surface area contributed by atoms with Crippen molar-refractivity contribution in [3.05, 3.63) is 0 Å². The van der Waals surface area contributed by atoms with Crippen LogP contribution in [-0.2, 0) is 9.59 Å². The van der Waals surface area contributed by atoms with Crippen LogP contribution < -0.4 is 5.73 Å². The molecule has 2 atom stereocenters. The Balaban J connectivity index is 2.47. The van der Waals surface area contributed by atoms with Gasteiger partial charge in [-0.05, 0) is 39.0 Å². The van der Waals surface area contributed by atoms with Gasteiger partial charge >= 0.3 is 5.97 Å². The van der Waals surface area contributed by atoms with Gasteiger partial charge in [-0.15, -0.1) is 0 Å². The van der Waals surface area contributed by atoms with Crippen LogP contribution in [0.2, 0.25) is 0 Å². The van der Waals surface area contributed by atoms with Gasteiger partial charge < -0.3 is 15.7 Å². The molecule has 5 nitrogen and oxygen atoms in total. The Bertz CT molecular complexity index is 292. The molecule has 0 aromatic carbocycles. The van der Waals surface area contributed by atoms with Gasteiger partial charge in [0.15, 0.2) is 0 Å². The van der Waals surface area contributed by atoms with Crippen LogP contribution in [0.15, 0.2) is 0 Å². The van der Waals surface area contributed by atoms with Gasteiger partial charge in [0.05, 0.1) is 0 Å². The summed E-state index contributed by atoms with van der Waals surface area (Å²) >= 11 is 0. The molecule has 1 fully saturated rings. The Morgan fingerprint density at radius 3 is 2.72 bits per heavy atom. The van der Waals surface area contributed by atoms with E-state index in [0.717, 1.165) is 25.8 Å². The molecule has 0 bridgehead atoms. The van der Waals surface area contributed by atoms with Crippen molar-refractivity contribution in [2.75, 3.05) is 6.54 Å². The topological polar surface area (TPSA) is 83.6 Å². The van der Waals surface area contributed by atoms with E-state index in [1.807, 2.05) is 11.8 Å². The summed E-state index contributed by atoms with van der Waals surface area (Å²) in [5.41, 5.74) is 5.65. The summed E-state index contributed by atoms with van der Waals surface area (Å²) in [6, 6.07) is 0.145. The summed E-state index contributed by atoms with van der Waals surface area (Å²) in [5, 5.41) is 8.73. The molecule has 1 saturated heterocycles. The van der Waals surface area contributed by atoms with Crippen molar-refractivity contribution in [2.24, 2.45) is 5.73 Å². The molecule has 0 aromatic heterocycles. The monoisotopic (exact) mass is 256 g/mol. The van der Waals surface area contributed by atoms with Gasteiger partial charge in [0.25, 0.3) is 0 Å². The third-order valence-corrected chi connectivity index (χ3v) is 3.45. The zero-order valence-electron chi connectivity index (χ0n) is 11.1. The SMILES string of the molecule is CC(N)CCC(=O)N1CCCCC1CCC(=O)O. The van der Waals surface area contributed by atoms with Crippen LogP contribution in [0.4, 0.5) is 0 Å². The van der Waals surface area contributed by atoms with Crippen molar-refractivity contribution in [3.63, 3.8) is 0 Å². The van der Waals surface area contributed by atoms with Gasteiger partial charge in [-0.25, -0.2) is 0 Å². The standard InChI is InChI=1S/C13H24N2O3/c1-10(14)5-7-12(16)15-9-3-2-4-11(15)6-8-13(17)18/h10-11H,2-9,14H2,1H3,(H,17,18). The summed E-state index contributed by atoms with van der Waals surface area (Å²) < 4.78 is 0. The minimum Gasteiger partial charge on any atom is -0.481 e. The summed E-state index contributed by atoms with van der Waals surface area (Å²) in [6.45, 7) is 2.66. The largest absolute Gasteiger partial charge is 0.481 e. The highest BCUT2D eigenvalue weighted by Gasteiger charge is 2.26. The second-order valence-electron chi connectivity index (χ2n) is 5.19. The molecule has 1 heterocycles. The average molecular weight is 256 g/mol. The lowest BCUT2D eigenvalue weighted by atomic mass is 9.97. The van der Waals surface area contributed by atoms with E-state index in [4.69, 9.17) is 10.8 Å². The van der Waals surface area contributed by atoms with Gasteiger partial charge in [0.2, 0.25) is 5.91 Å². The molecule has 0 radical (unpaired) electrons. The lowest BCUT2D eigenvalue weighted by Crippen LogP contribution is -2.44. The zero-order chi connectivity index (χ0) is 13.5. The van der Waals surface area contributed by atoms with Crippen molar-refractivity contribution < 1.29 is 14.7 Å². The Kier molecular flexibility index (Phi) is 6.12. The van der Waals surface area contributed by atoms with Crippen molar-refractivity contribution in [1.29, 1.82) is 0 Å². The lowest BCUT2D eigenvalue weighted by molar-refractivity contribution is -0.140. The van der Waals surface area contributed by atoms with E-state index in [9.17, 15) is 9.59 Å². The van der Waals surface area contributed by atoms with Crippen molar-refractivity contribution in [3.8, 4) is 0 Å². The van der Waals surface area contributed by atoms with Crippen molar-refractivity contribution >= 4 is 11.9 Å². The average Bonchev–Trinajstić information content (AvgIpc) is 2.33. The molecule has 1 rings (SSSR count). The van der Waals surface area contributed by atoms with Gasteiger partial charge in [-0.1, -0.05) is 0 Å². The molecule has 1 aliphatic heterocycles. The summed E-state index contributed by atoms with van der Waals surface area (Å²) in [4.78, 5) is 24.6. The van der Waals surface area contributed by atoms with E-state index in [1.54, 1.807) is 0 Å². The maximum atomic E-state index is 12.1. The third-order valence-electron chi connectivity index (χ3n) is 3.45. The Hall–Kier alpha value is -1.10. The first-order valence-electron chi connectivity index (χ1n) is 6.77. The predicted molar refractivity (Wildman–Crippen MR) is 69.1 cm³/mol. The first-order chi connectivity index (χ1) is 8.50. The molecular formula is C13H24N2O3. The highest BCUT2D eigenvalue weighted by Crippen LogP contribution is 2.22. The third kappa shape index (κ3) is 5.04. The van der Waals surface area contributed by atoms with E-state index in [1.165, 1.54) is 0 Å². The summed E-state index contributed by atoms with van der Waals surface area (Å²) in [6.07, 6.45) is 4.91. The molecule has 5 heteroatoms. The van der Waals surface area contributed by atoms with Gasteiger partial charge in [0.1, 0.15) is 0 Å². The number of carboxylic acid groups (broad SMARTS) is 1. The second kappa shape index (κ2) is 7.36. The van der Waals surface area contributed by atoms with Gasteiger partial charge in [-0.2, -0.15) is 0 Å². The number of carbonyl (C=O) groups excluding carboxylic acids is 1. The molecule has 3 N–H and O–H groups in total. The summed E-state index contributed by atoms with van der Waals surface area (Å²) in [7, 11) is 0. The number of hydrogen-bond donors (Lipinski definition) is 2. The Morgan fingerprint density at radius 2 is 2.11 bits per heavy atom. The number of nitrogens with zero attached hydrogens (tertiary/aromatic N) is 1. The van der Waals surface area contributed by atoms with Crippen LogP contribution >= 0.6 is 0 Å². The number of carboxylic acids is 1. The normalized spacial score (nSPS) is 21.7. The number of piperidine rings is 1. The maximum absolute atomic E-state index is 12.1. The lowest BCUT2D eigenvalue weighted by Gasteiger charge is -2.36. The highest BCUT2D eigenvalue weighted by molar-refractivity contribution is 5.76. The Morgan fingerprint density at radius 1 is 1.39 bits per heavy atom. The van der Waals surface area contributed by atoms with Crippen LogP contribution in [0.5, 0.6) is 0 Å². The fourth-order valence-corrected chi connectivity index (χ4v) is 2.41. The number of carbonyl (C=O) groups is 2. The molecule has 0 spiro atoms. The smallest absolute Gasteiger partial charge is 0.303 e. The molecule has 18 heavy (non-hydrogen) atoms. The van der Waals surface area contributed by atoms with E-state index in [0.29, 0.717) is 19.3 Å². The van der Waals surface area contributed by atoms with Crippen LogP contribution in [0, 0.1) is 0 Å². The van der Waals surface area contributed by atoms with E-state index in [2.05, 4.69) is 0 Å². The van der Waals surface area contributed by atoms with Crippen molar-refractivity contribution in [2.45, 2.75) is 64.0 Å². The highest BCUT2D eigenvalue weighted by atomic mass is 16.4. The fraction of sp³-hybridized carbons (Fsp3) is 0.846. The number of nitrogens with two attached hydrogens (primary N) is 1. The molecule has 0 aliphatic carbocycles. The Labute approximate surface area is 108 Å². The number of aliphatic carboxylic acids is 1. The molecule has 1 aliphatic rings. The van der Waals surface area contributed by atoms with Gasteiger partial charge in [-0.3, -0.25) is 9.59 Å². The van der Waals surface area contributed by atoms with E-state index >= 15 is 0 Å².